The zero-order chi connectivity index (χ0) is 20.9. The highest BCUT2D eigenvalue weighted by Crippen LogP contribution is 2.19. The topological polar surface area (TPSA) is 133 Å². The number of tetrazole rings is 1. The maximum Gasteiger partial charge on any atom is 0.238 e. The van der Waals surface area contributed by atoms with Crippen LogP contribution in [-0.4, -0.2) is 46.8 Å². The number of carbonyl (C=O) groups excluding carboxylic acids is 1. The van der Waals surface area contributed by atoms with Gasteiger partial charge in [-0.3, -0.25) is 4.79 Å². The third-order valence-corrected chi connectivity index (χ3v) is 5.93. The van der Waals surface area contributed by atoms with Crippen molar-refractivity contribution in [2.75, 3.05) is 12.3 Å². The standard InChI is InChI=1S/C17H17ClN6O3S2/c18-13-3-5-14(6-4-13)24-17(21-22-23-24)28-11-16(25)20-10-9-12-1-7-15(8-2-12)29(19,26)27/h1-8H,9-11H2,(H,20,25)(H2,19,26,27). The molecule has 0 spiro atoms. The van der Waals surface area contributed by atoms with Gasteiger partial charge in [0.25, 0.3) is 0 Å². The second-order valence-corrected chi connectivity index (χ2v) is 8.87. The number of aromatic nitrogens is 4. The van der Waals surface area contributed by atoms with Gasteiger partial charge in [0.2, 0.25) is 21.1 Å². The Bertz CT molecular complexity index is 1090. The number of primary sulfonamides is 1. The Balaban J connectivity index is 1.47. The Morgan fingerprint density at radius 1 is 1.14 bits per heavy atom. The van der Waals surface area contributed by atoms with Crippen LogP contribution in [0.2, 0.25) is 5.02 Å². The first-order valence-electron chi connectivity index (χ1n) is 8.38. The molecular weight excluding hydrogens is 436 g/mol. The molecule has 1 aromatic heterocycles. The van der Waals surface area contributed by atoms with Gasteiger partial charge in [-0.05, 0) is 58.8 Å². The van der Waals surface area contributed by atoms with E-state index in [2.05, 4.69) is 20.8 Å². The zero-order valence-corrected chi connectivity index (χ0v) is 17.4. The molecule has 0 saturated heterocycles. The number of nitrogens with zero attached hydrogens (tertiary/aromatic N) is 4. The quantitative estimate of drug-likeness (QED) is 0.493. The molecule has 0 radical (unpaired) electrons. The number of halogens is 1. The summed E-state index contributed by atoms with van der Waals surface area (Å²) in [7, 11) is -3.71. The van der Waals surface area contributed by atoms with Gasteiger partial charge < -0.3 is 5.32 Å². The van der Waals surface area contributed by atoms with Gasteiger partial charge in [-0.2, -0.15) is 4.68 Å². The molecule has 3 N–H and O–H groups in total. The van der Waals surface area contributed by atoms with Crippen LogP contribution < -0.4 is 10.5 Å². The van der Waals surface area contributed by atoms with E-state index in [9.17, 15) is 13.2 Å². The summed E-state index contributed by atoms with van der Waals surface area (Å²) in [6.45, 7) is 0.413. The average Bonchev–Trinajstić information content (AvgIpc) is 3.15. The third-order valence-electron chi connectivity index (χ3n) is 3.83. The first-order valence-corrected chi connectivity index (χ1v) is 11.3. The lowest BCUT2D eigenvalue weighted by molar-refractivity contribution is -0.118. The molecule has 0 aliphatic rings. The van der Waals surface area contributed by atoms with Crippen LogP contribution >= 0.6 is 23.4 Å². The Hall–Kier alpha value is -2.47. The van der Waals surface area contributed by atoms with Gasteiger partial charge in [-0.25, -0.2) is 13.6 Å². The number of sulfonamides is 1. The molecular formula is C17H17ClN6O3S2. The van der Waals surface area contributed by atoms with Gasteiger partial charge in [0, 0.05) is 11.6 Å². The molecule has 3 rings (SSSR count). The van der Waals surface area contributed by atoms with E-state index in [1.165, 1.54) is 28.6 Å². The summed E-state index contributed by atoms with van der Waals surface area (Å²) in [5, 5.41) is 20.5. The molecule has 0 fully saturated rings. The Morgan fingerprint density at radius 2 is 1.83 bits per heavy atom. The zero-order valence-electron chi connectivity index (χ0n) is 15.0. The summed E-state index contributed by atoms with van der Waals surface area (Å²) < 4.78 is 24.0. The van der Waals surface area contributed by atoms with Crippen molar-refractivity contribution in [3.8, 4) is 5.69 Å². The van der Waals surface area contributed by atoms with Crippen molar-refractivity contribution in [2.24, 2.45) is 5.14 Å². The maximum atomic E-state index is 12.1. The highest BCUT2D eigenvalue weighted by Gasteiger charge is 2.12. The van der Waals surface area contributed by atoms with Crippen LogP contribution in [-0.2, 0) is 21.2 Å². The second-order valence-electron chi connectivity index (χ2n) is 5.93. The lowest BCUT2D eigenvalue weighted by Crippen LogP contribution is -2.27. The smallest absolute Gasteiger partial charge is 0.238 e. The summed E-state index contributed by atoms with van der Waals surface area (Å²) in [5.74, 6) is -0.0139. The van der Waals surface area contributed by atoms with Crippen molar-refractivity contribution in [1.82, 2.24) is 25.5 Å². The summed E-state index contributed by atoms with van der Waals surface area (Å²) in [5.41, 5.74) is 1.63. The van der Waals surface area contributed by atoms with Crippen LogP contribution in [0.1, 0.15) is 5.56 Å². The van der Waals surface area contributed by atoms with Crippen LogP contribution in [0.3, 0.4) is 0 Å². The van der Waals surface area contributed by atoms with Crippen LogP contribution in [0.25, 0.3) is 5.69 Å². The highest BCUT2D eigenvalue weighted by molar-refractivity contribution is 7.99. The van der Waals surface area contributed by atoms with E-state index in [0.29, 0.717) is 23.1 Å². The van der Waals surface area contributed by atoms with E-state index in [1.807, 2.05) is 0 Å². The van der Waals surface area contributed by atoms with E-state index < -0.39 is 10.0 Å². The molecule has 3 aromatic rings. The maximum absolute atomic E-state index is 12.1. The summed E-state index contributed by atoms with van der Waals surface area (Å²) in [6, 6.07) is 13.2. The molecule has 12 heteroatoms. The third kappa shape index (κ3) is 6.00. The number of hydrogen-bond acceptors (Lipinski definition) is 7. The molecule has 0 aliphatic heterocycles. The normalized spacial score (nSPS) is 11.4. The number of amides is 1. The van der Waals surface area contributed by atoms with Crippen molar-refractivity contribution in [3.05, 3.63) is 59.1 Å². The first-order chi connectivity index (χ1) is 13.8. The van der Waals surface area contributed by atoms with Gasteiger partial charge >= 0.3 is 0 Å². The van der Waals surface area contributed by atoms with Gasteiger partial charge in [0.05, 0.1) is 16.3 Å². The summed E-state index contributed by atoms with van der Waals surface area (Å²) in [6.07, 6.45) is 0.559. The average molecular weight is 453 g/mol. The molecule has 0 unspecified atom stereocenters. The molecule has 1 heterocycles. The lowest BCUT2D eigenvalue weighted by Gasteiger charge is -2.07. The van der Waals surface area contributed by atoms with E-state index in [4.69, 9.17) is 16.7 Å². The van der Waals surface area contributed by atoms with Crippen molar-refractivity contribution >= 4 is 39.3 Å². The number of nitrogens with one attached hydrogen (secondary N) is 1. The van der Waals surface area contributed by atoms with Crippen molar-refractivity contribution in [3.63, 3.8) is 0 Å². The monoisotopic (exact) mass is 452 g/mol. The lowest BCUT2D eigenvalue weighted by atomic mass is 10.1. The Labute approximate surface area is 176 Å². The summed E-state index contributed by atoms with van der Waals surface area (Å²) in [4.78, 5) is 12.1. The number of benzene rings is 2. The molecule has 9 nitrogen and oxygen atoms in total. The minimum absolute atomic E-state index is 0.0556. The molecule has 0 atom stereocenters. The largest absolute Gasteiger partial charge is 0.355 e. The predicted octanol–water partition coefficient (Wildman–Crippen LogP) is 1.41. The van der Waals surface area contributed by atoms with Gasteiger partial charge in [-0.1, -0.05) is 35.5 Å². The van der Waals surface area contributed by atoms with E-state index >= 15 is 0 Å². The van der Waals surface area contributed by atoms with Crippen LogP contribution in [0.5, 0.6) is 0 Å². The molecule has 29 heavy (non-hydrogen) atoms. The molecule has 0 bridgehead atoms. The minimum Gasteiger partial charge on any atom is -0.355 e. The molecule has 0 saturated carbocycles. The molecule has 2 aromatic carbocycles. The molecule has 152 valence electrons. The molecule has 1 amide bonds. The number of rotatable bonds is 8. The van der Waals surface area contributed by atoms with Crippen LogP contribution in [0, 0.1) is 0 Å². The van der Waals surface area contributed by atoms with Crippen molar-refractivity contribution < 1.29 is 13.2 Å². The fraction of sp³-hybridized carbons (Fsp3) is 0.176. The first kappa shape index (κ1) is 21.2. The fourth-order valence-corrected chi connectivity index (χ4v) is 3.75. The Morgan fingerprint density at radius 3 is 2.48 bits per heavy atom. The number of hydrogen-bond donors (Lipinski definition) is 2. The number of thioether (sulfide) groups is 1. The van der Waals surface area contributed by atoms with Gasteiger partial charge in [0.1, 0.15) is 0 Å². The SMILES string of the molecule is NS(=O)(=O)c1ccc(CCNC(=O)CSc2nnnn2-c2ccc(Cl)cc2)cc1. The van der Waals surface area contributed by atoms with E-state index in [1.54, 1.807) is 36.4 Å². The van der Waals surface area contributed by atoms with Crippen LogP contribution in [0.15, 0.2) is 58.6 Å². The van der Waals surface area contributed by atoms with Gasteiger partial charge in [-0.15, -0.1) is 5.10 Å². The minimum atomic E-state index is -3.71. The number of nitrogens with two attached hydrogens (primary N) is 1. The van der Waals surface area contributed by atoms with Crippen LogP contribution in [0.4, 0.5) is 0 Å². The summed E-state index contributed by atoms with van der Waals surface area (Å²) >= 11 is 7.10. The molecule has 0 aliphatic carbocycles. The number of carbonyl (C=O) groups is 1. The Kier molecular flexibility index (Phi) is 6.85. The highest BCUT2D eigenvalue weighted by atomic mass is 35.5. The second kappa shape index (κ2) is 9.35. The predicted molar refractivity (Wildman–Crippen MR) is 109 cm³/mol. The van der Waals surface area contributed by atoms with E-state index in [-0.39, 0.29) is 16.6 Å². The van der Waals surface area contributed by atoms with E-state index in [0.717, 1.165) is 11.3 Å². The van der Waals surface area contributed by atoms with Crippen molar-refractivity contribution in [1.29, 1.82) is 0 Å². The fourth-order valence-electron chi connectivity index (χ4n) is 2.39. The van der Waals surface area contributed by atoms with Crippen molar-refractivity contribution in [2.45, 2.75) is 16.5 Å². The van der Waals surface area contributed by atoms with Gasteiger partial charge in [0.15, 0.2) is 0 Å².